The molecule has 15 heavy (non-hydrogen) atoms. The molecule has 0 radical (unpaired) electrons. The van der Waals surface area contributed by atoms with Crippen molar-refractivity contribution in [2.45, 2.75) is 18.9 Å². The lowest BCUT2D eigenvalue weighted by atomic mass is 10.3. The molecule has 1 atom stereocenters. The first-order chi connectivity index (χ1) is 7.22. The zero-order valence-corrected chi connectivity index (χ0v) is 9.98. The van der Waals surface area contributed by atoms with Crippen LogP contribution in [0.3, 0.4) is 0 Å². The average Bonchev–Trinajstić information content (AvgIpc) is 2.67. The first-order valence-corrected chi connectivity index (χ1v) is 5.80. The molecule has 0 aromatic carbocycles. The Hall–Kier alpha value is -0.160. The summed E-state index contributed by atoms with van der Waals surface area (Å²) in [6, 6.07) is 0. The molecule has 1 rings (SSSR count). The number of nitrogens with zero attached hydrogens (tertiary/aromatic N) is 2. The molecule has 1 aliphatic heterocycles. The summed E-state index contributed by atoms with van der Waals surface area (Å²) in [6.07, 6.45) is 2.32. The molecule has 4 heteroatoms. The average molecular weight is 216 g/mol. The number of methoxy groups -OCH3 is 1. The van der Waals surface area contributed by atoms with Crippen molar-refractivity contribution in [3.63, 3.8) is 0 Å². The van der Waals surface area contributed by atoms with Crippen molar-refractivity contribution in [2.24, 2.45) is 0 Å². The summed E-state index contributed by atoms with van der Waals surface area (Å²) in [7, 11) is 3.67. The van der Waals surface area contributed by atoms with Crippen molar-refractivity contribution in [3.05, 3.63) is 0 Å². The van der Waals surface area contributed by atoms with Gasteiger partial charge in [0.1, 0.15) is 0 Å². The second kappa shape index (κ2) is 7.17. The second-order valence-corrected chi connectivity index (χ2v) is 4.42. The normalized spacial score (nSPS) is 20.0. The van der Waals surface area contributed by atoms with Crippen LogP contribution < -0.4 is 0 Å². The highest BCUT2D eigenvalue weighted by Gasteiger charge is 2.13. The van der Waals surface area contributed by atoms with Gasteiger partial charge in [-0.05, 0) is 33.0 Å². The number of aliphatic hydroxyl groups is 1. The van der Waals surface area contributed by atoms with Crippen molar-refractivity contribution in [1.82, 2.24) is 9.80 Å². The number of ether oxygens (including phenoxy) is 1. The SMILES string of the molecule is COCC(O)CN(C)CCN1CCCC1. The molecular formula is C11H24N2O2. The summed E-state index contributed by atoms with van der Waals surface area (Å²) in [4.78, 5) is 4.65. The molecule has 0 aromatic heterocycles. The van der Waals surface area contributed by atoms with Crippen LogP contribution in [0.4, 0.5) is 0 Å². The molecule has 0 spiro atoms. The Balaban J connectivity index is 2.04. The Bertz CT molecular complexity index is 161. The van der Waals surface area contributed by atoms with Crippen LogP contribution in [0.25, 0.3) is 0 Å². The molecule has 4 nitrogen and oxygen atoms in total. The summed E-state index contributed by atoms with van der Waals surface area (Å²) < 4.78 is 4.90. The predicted octanol–water partition coefficient (Wildman–Crippen LogP) is 0.0213. The van der Waals surface area contributed by atoms with Gasteiger partial charge in [0.15, 0.2) is 0 Å². The number of rotatable bonds is 7. The quantitative estimate of drug-likeness (QED) is 0.651. The van der Waals surface area contributed by atoms with Crippen LogP contribution in [0, 0.1) is 0 Å². The highest BCUT2D eigenvalue weighted by molar-refractivity contribution is 4.68. The maximum absolute atomic E-state index is 9.53. The van der Waals surface area contributed by atoms with E-state index in [1.54, 1.807) is 7.11 Å². The Morgan fingerprint density at radius 1 is 1.40 bits per heavy atom. The number of likely N-dealkylation sites (N-methyl/N-ethyl adjacent to an activating group) is 1. The van der Waals surface area contributed by atoms with E-state index in [0.29, 0.717) is 13.2 Å². The Kier molecular flexibility index (Phi) is 6.17. The van der Waals surface area contributed by atoms with Crippen molar-refractivity contribution in [1.29, 1.82) is 0 Å². The van der Waals surface area contributed by atoms with Gasteiger partial charge in [-0.1, -0.05) is 0 Å². The number of aliphatic hydroxyl groups excluding tert-OH is 1. The molecule has 0 amide bonds. The van der Waals surface area contributed by atoms with Gasteiger partial charge in [-0.15, -0.1) is 0 Å². The molecule has 90 valence electrons. The molecule has 1 unspecified atom stereocenters. The first kappa shape index (κ1) is 12.9. The monoisotopic (exact) mass is 216 g/mol. The van der Waals surface area contributed by atoms with E-state index >= 15 is 0 Å². The Labute approximate surface area is 92.8 Å². The minimum Gasteiger partial charge on any atom is -0.389 e. The van der Waals surface area contributed by atoms with Gasteiger partial charge in [0.25, 0.3) is 0 Å². The molecule has 1 heterocycles. The van der Waals surface area contributed by atoms with Crippen LogP contribution in [0.1, 0.15) is 12.8 Å². The van der Waals surface area contributed by atoms with E-state index in [0.717, 1.165) is 13.1 Å². The van der Waals surface area contributed by atoms with E-state index < -0.39 is 0 Å². The molecule has 0 bridgehead atoms. The maximum Gasteiger partial charge on any atom is 0.0899 e. The van der Waals surface area contributed by atoms with E-state index in [1.165, 1.54) is 25.9 Å². The van der Waals surface area contributed by atoms with Gasteiger partial charge >= 0.3 is 0 Å². The largest absolute Gasteiger partial charge is 0.389 e. The van der Waals surface area contributed by atoms with E-state index in [9.17, 15) is 5.11 Å². The second-order valence-electron chi connectivity index (χ2n) is 4.42. The van der Waals surface area contributed by atoms with Gasteiger partial charge in [-0.2, -0.15) is 0 Å². The lowest BCUT2D eigenvalue weighted by Gasteiger charge is -2.23. The Morgan fingerprint density at radius 3 is 2.67 bits per heavy atom. The van der Waals surface area contributed by atoms with Crippen LogP contribution in [0.15, 0.2) is 0 Å². The Morgan fingerprint density at radius 2 is 2.07 bits per heavy atom. The van der Waals surface area contributed by atoms with Gasteiger partial charge in [0.2, 0.25) is 0 Å². The zero-order chi connectivity index (χ0) is 11.1. The molecular weight excluding hydrogens is 192 g/mol. The highest BCUT2D eigenvalue weighted by atomic mass is 16.5. The summed E-state index contributed by atoms with van der Waals surface area (Å²) in [5, 5.41) is 9.53. The van der Waals surface area contributed by atoms with E-state index in [1.807, 2.05) is 0 Å². The zero-order valence-electron chi connectivity index (χ0n) is 9.98. The van der Waals surface area contributed by atoms with Gasteiger partial charge in [-0.3, -0.25) is 0 Å². The predicted molar refractivity (Wildman–Crippen MR) is 61.1 cm³/mol. The van der Waals surface area contributed by atoms with Crippen LogP contribution in [-0.4, -0.2) is 74.5 Å². The van der Waals surface area contributed by atoms with Crippen LogP contribution in [0.2, 0.25) is 0 Å². The summed E-state index contributed by atoms with van der Waals surface area (Å²) in [6.45, 7) is 5.76. The number of hydrogen-bond acceptors (Lipinski definition) is 4. The fourth-order valence-electron chi connectivity index (χ4n) is 2.01. The van der Waals surface area contributed by atoms with Gasteiger partial charge in [-0.25, -0.2) is 0 Å². The number of likely N-dealkylation sites (tertiary alicyclic amines) is 1. The van der Waals surface area contributed by atoms with E-state index in [2.05, 4.69) is 16.8 Å². The smallest absolute Gasteiger partial charge is 0.0899 e. The fourth-order valence-corrected chi connectivity index (χ4v) is 2.01. The third-order valence-electron chi connectivity index (χ3n) is 2.88. The molecule has 1 fully saturated rings. The fraction of sp³-hybridized carbons (Fsp3) is 1.00. The summed E-state index contributed by atoms with van der Waals surface area (Å²) in [5.41, 5.74) is 0. The lowest BCUT2D eigenvalue weighted by molar-refractivity contribution is 0.0419. The van der Waals surface area contributed by atoms with E-state index in [4.69, 9.17) is 4.74 Å². The van der Waals surface area contributed by atoms with Gasteiger partial charge in [0.05, 0.1) is 12.7 Å². The standard InChI is InChI=1S/C11H24N2O2/c1-12(9-11(14)10-15-2)7-8-13-5-3-4-6-13/h11,14H,3-10H2,1-2H3. The molecule has 0 aromatic rings. The minimum absolute atomic E-state index is 0.362. The van der Waals surface area contributed by atoms with Crippen LogP contribution in [-0.2, 0) is 4.74 Å². The summed E-state index contributed by atoms with van der Waals surface area (Å²) in [5.74, 6) is 0. The minimum atomic E-state index is -0.362. The lowest BCUT2D eigenvalue weighted by Crippen LogP contribution is -2.37. The highest BCUT2D eigenvalue weighted by Crippen LogP contribution is 2.06. The third kappa shape index (κ3) is 5.47. The van der Waals surface area contributed by atoms with Crippen molar-refractivity contribution < 1.29 is 9.84 Å². The van der Waals surface area contributed by atoms with Crippen molar-refractivity contribution in [3.8, 4) is 0 Å². The first-order valence-electron chi connectivity index (χ1n) is 5.80. The number of hydrogen-bond donors (Lipinski definition) is 1. The topological polar surface area (TPSA) is 35.9 Å². The van der Waals surface area contributed by atoms with Crippen LogP contribution in [0.5, 0.6) is 0 Å². The molecule has 1 N–H and O–H groups in total. The maximum atomic E-state index is 9.53. The van der Waals surface area contributed by atoms with E-state index in [-0.39, 0.29) is 6.10 Å². The third-order valence-corrected chi connectivity index (χ3v) is 2.88. The van der Waals surface area contributed by atoms with Crippen molar-refractivity contribution in [2.75, 3.05) is 53.5 Å². The van der Waals surface area contributed by atoms with Gasteiger partial charge < -0.3 is 19.6 Å². The summed E-state index contributed by atoms with van der Waals surface area (Å²) >= 11 is 0. The molecule has 0 saturated carbocycles. The molecule has 0 aliphatic carbocycles. The molecule has 1 aliphatic rings. The van der Waals surface area contributed by atoms with Crippen LogP contribution >= 0.6 is 0 Å². The van der Waals surface area contributed by atoms with Crippen molar-refractivity contribution >= 4 is 0 Å². The molecule has 1 saturated heterocycles. The van der Waals surface area contributed by atoms with Gasteiger partial charge in [0, 0.05) is 26.7 Å².